The van der Waals surface area contributed by atoms with E-state index in [0.717, 1.165) is 36.9 Å². The SMILES string of the molecule is NCC1(C(=O)N(Cc2ccccc2)c2ccccc2)CCCCCC1. The van der Waals surface area contributed by atoms with Crippen LogP contribution in [-0.4, -0.2) is 12.5 Å². The molecular weight excluding hydrogens is 308 g/mol. The predicted octanol–water partition coefficient (Wildman–Crippen LogP) is 4.52. The first-order valence-corrected chi connectivity index (χ1v) is 9.36. The maximum absolute atomic E-state index is 13.7. The van der Waals surface area contributed by atoms with Crippen molar-refractivity contribution in [2.24, 2.45) is 11.1 Å². The van der Waals surface area contributed by atoms with E-state index >= 15 is 0 Å². The Balaban J connectivity index is 1.93. The number of nitrogens with two attached hydrogens (primary N) is 1. The van der Waals surface area contributed by atoms with Gasteiger partial charge < -0.3 is 10.6 Å². The van der Waals surface area contributed by atoms with Crippen molar-refractivity contribution in [2.75, 3.05) is 11.4 Å². The first kappa shape index (κ1) is 17.7. The van der Waals surface area contributed by atoms with E-state index in [1.165, 1.54) is 12.8 Å². The maximum atomic E-state index is 13.7. The van der Waals surface area contributed by atoms with Crippen molar-refractivity contribution >= 4 is 11.6 Å². The van der Waals surface area contributed by atoms with Crippen LogP contribution in [0.1, 0.15) is 44.1 Å². The highest BCUT2D eigenvalue weighted by molar-refractivity contribution is 5.97. The standard InChI is InChI=1S/C22H28N2O/c23-18-22(15-9-1-2-10-16-22)21(25)24(20-13-7-4-8-14-20)17-19-11-5-3-6-12-19/h3-8,11-14H,1-2,9-10,15-18,23H2. The van der Waals surface area contributed by atoms with Crippen LogP contribution in [0.25, 0.3) is 0 Å². The topological polar surface area (TPSA) is 46.3 Å². The molecule has 0 heterocycles. The number of hydrogen-bond donors (Lipinski definition) is 1. The molecule has 25 heavy (non-hydrogen) atoms. The lowest BCUT2D eigenvalue weighted by Gasteiger charge is -2.36. The van der Waals surface area contributed by atoms with Crippen molar-refractivity contribution in [3.05, 3.63) is 66.2 Å². The molecule has 0 radical (unpaired) electrons. The average Bonchev–Trinajstić information content (AvgIpc) is 2.94. The van der Waals surface area contributed by atoms with Crippen LogP contribution in [0.15, 0.2) is 60.7 Å². The molecule has 0 saturated heterocycles. The number of rotatable bonds is 5. The first-order chi connectivity index (χ1) is 12.2. The molecule has 0 aromatic heterocycles. The fraction of sp³-hybridized carbons (Fsp3) is 0.409. The van der Waals surface area contributed by atoms with Gasteiger partial charge in [0.1, 0.15) is 0 Å². The second-order valence-electron chi connectivity index (χ2n) is 7.11. The molecule has 0 bridgehead atoms. The Hall–Kier alpha value is -2.13. The van der Waals surface area contributed by atoms with Gasteiger partial charge in [0.2, 0.25) is 5.91 Å². The molecule has 1 fully saturated rings. The summed E-state index contributed by atoms with van der Waals surface area (Å²) in [4.78, 5) is 15.6. The van der Waals surface area contributed by atoms with Gasteiger partial charge in [-0.1, -0.05) is 74.2 Å². The van der Waals surface area contributed by atoms with Gasteiger partial charge in [-0.15, -0.1) is 0 Å². The van der Waals surface area contributed by atoms with Crippen molar-refractivity contribution in [3.63, 3.8) is 0 Å². The summed E-state index contributed by atoms with van der Waals surface area (Å²) in [6.07, 6.45) is 6.41. The van der Waals surface area contributed by atoms with Crippen molar-refractivity contribution in [2.45, 2.75) is 45.1 Å². The van der Waals surface area contributed by atoms with Crippen molar-refractivity contribution < 1.29 is 4.79 Å². The van der Waals surface area contributed by atoms with E-state index < -0.39 is 5.41 Å². The van der Waals surface area contributed by atoms with Crippen molar-refractivity contribution in [3.8, 4) is 0 Å². The van der Waals surface area contributed by atoms with E-state index in [4.69, 9.17) is 5.73 Å². The largest absolute Gasteiger partial charge is 0.329 e. The van der Waals surface area contributed by atoms with Gasteiger partial charge >= 0.3 is 0 Å². The van der Waals surface area contributed by atoms with Crippen LogP contribution in [0.4, 0.5) is 5.69 Å². The molecule has 3 rings (SSSR count). The third-order valence-electron chi connectivity index (χ3n) is 5.40. The summed E-state index contributed by atoms with van der Waals surface area (Å²) in [5.74, 6) is 0.187. The lowest BCUT2D eigenvalue weighted by molar-refractivity contribution is -0.128. The molecule has 0 spiro atoms. The van der Waals surface area contributed by atoms with E-state index in [-0.39, 0.29) is 5.91 Å². The van der Waals surface area contributed by atoms with Gasteiger partial charge in [-0.25, -0.2) is 0 Å². The second-order valence-corrected chi connectivity index (χ2v) is 7.11. The van der Waals surface area contributed by atoms with Crippen molar-refractivity contribution in [1.82, 2.24) is 0 Å². The zero-order valence-electron chi connectivity index (χ0n) is 14.9. The Morgan fingerprint density at radius 1 is 0.880 bits per heavy atom. The lowest BCUT2D eigenvalue weighted by Crippen LogP contribution is -2.48. The van der Waals surface area contributed by atoms with Gasteiger partial charge in [0.05, 0.1) is 12.0 Å². The molecule has 1 aliphatic carbocycles. The molecule has 0 atom stereocenters. The summed E-state index contributed by atoms with van der Waals surface area (Å²) < 4.78 is 0. The maximum Gasteiger partial charge on any atom is 0.234 e. The summed E-state index contributed by atoms with van der Waals surface area (Å²) in [7, 11) is 0. The highest BCUT2D eigenvalue weighted by Gasteiger charge is 2.40. The summed E-state index contributed by atoms with van der Waals surface area (Å²) in [6.45, 7) is 1.02. The van der Waals surface area contributed by atoms with Crippen LogP contribution < -0.4 is 10.6 Å². The van der Waals surface area contributed by atoms with E-state index in [1.54, 1.807) is 0 Å². The smallest absolute Gasteiger partial charge is 0.234 e. The van der Waals surface area contributed by atoms with E-state index in [9.17, 15) is 4.79 Å². The molecule has 1 saturated carbocycles. The minimum absolute atomic E-state index is 0.187. The number of carbonyl (C=O) groups excluding carboxylic acids is 1. The molecule has 1 amide bonds. The molecular formula is C22H28N2O. The van der Waals surface area contributed by atoms with Gasteiger partial charge in [0.15, 0.2) is 0 Å². The highest BCUT2D eigenvalue weighted by atomic mass is 16.2. The second kappa shape index (κ2) is 8.30. The van der Waals surface area contributed by atoms with Crippen LogP contribution in [-0.2, 0) is 11.3 Å². The quantitative estimate of drug-likeness (QED) is 0.816. The summed E-state index contributed by atoms with van der Waals surface area (Å²) in [5.41, 5.74) is 7.85. The average molecular weight is 336 g/mol. The van der Waals surface area contributed by atoms with E-state index in [1.807, 2.05) is 53.4 Å². The van der Waals surface area contributed by atoms with Crippen LogP contribution in [0.2, 0.25) is 0 Å². The first-order valence-electron chi connectivity index (χ1n) is 9.36. The fourth-order valence-corrected chi connectivity index (χ4v) is 3.85. The molecule has 0 unspecified atom stereocenters. The van der Waals surface area contributed by atoms with Crippen LogP contribution in [0.5, 0.6) is 0 Å². The number of anilines is 1. The molecule has 2 N–H and O–H groups in total. The number of amides is 1. The third kappa shape index (κ3) is 4.10. The summed E-state index contributed by atoms with van der Waals surface area (Å²) in [6, 6.07) is 20.2. The Labute approximate surface area is 150 Å². The number of hydrogen-bond acceptors (Lipinski definition) is 2. The number of para-hydroxylation sites is 1. The number of nitrogens with zero attached hydrogens (tertiary/aromatic N) is 1. The third-order valence-corrected chi connectivity index (χ3v) is 5.40. The molecule has 2 aromatic carbocycles. The van der Waals surface area contributed by atoms with Gasteiger partial charge in [0, 0.05) is 12.2 Å². The zero-order valence-corrected chi connectivity index (χ0v) is 14.9. The molecule has 1 aliphatic rings. The van der Waals surface area contributed by atoms with Gasteiger partial charge in [-0.2, -0.15) is 0 Å². The molecule has 3 nitrogen and oxygen atoms in total. The molecule has 132 valence electrons. The fourth-order valence-electron chi connectivity index (χ4n) is 3.85. The minimum Gasteiger partial charge on any atom is -0.329 e. The Morgan fingerprint density at radius 2 is 1.44 bits per heavy atom. The Bertz CT molecular complexity index is 661. The van der Waals surface area contributed by atoms with Crippen LogP contribution in [0, 0.1) is 5.41 Å². The minimum atomic E-state index is -0.416. The van der Waals surface area contributed by atoms with E-state index in [2.05, 4.69) is 12.1 Å². The normalized spacial score (nSPS) is 16.8. The zero-order chi connectivity index (χ0) is 17.5. The molecule has 0 aliphatic heterocycles. The molecule has 3 heteroatoms. The number of benzene rings is 2. The monoisotopic (exact) mass is 336 g/mol. The lowest BCUT2D eigenvalue weighted by atomic mass is 9.78. The summed E-state index contributed by atoms with van der Waals surface area (Å²) in [5, 5.41) is 0. The van der Waals surface area contributed by atoms with Crippen LogP contribution in [0.3, 0.4) is 0 Å². The molecule has 2 aromatic rings. The van der Waals surface area contributed by atoms with E-state index in [0.29, 0.717) is 13.1 Å². The number of carbonyl (C=O) groups is 1. The van der Waals surface area contributed by atoms with Crippen LogP contribution >= 0.6 is 0 Å². The predicted molar refractivity (Wildman–Crippen MR) is 103 cm³/mol. The Morgan fingerprint density at radius 3 is 2.00 bits per heavy atom. The van der Waals surface area contributed by atoms with Crippen molar-refractivity contribution in [1.29, 1.82) is 0 Å². The van der Waals surface area contributed by atoms with Gasteiger partial charge in [-0.05, 0) is 30.5 Å². The Kier molecular flexibility index (Phi) is 5.87. The summed E-state index contributed by atoms with van der Waals surface area (Å²) >= 11 is 0. The van der Waals surface area contributed by atoms with Gasteiger partial charge in [0.25, 0.3) is 0 Å². The van der Waals surface area contributed by atoms with Gasteiger partial charge in [-0.3, -0.25) is 4.79 Å². The highest BCUT2D eigenvalue weighted by Crippen LogP contribution is 2.37.